The smallest absolute Gasteiger partial charge is 0.191 e. The van der Waals surface area contributed by atoms with Crippen LogP contribution in [0.2, 0.25) is 0 Å². The fraction of sp³-hybridized carbons (Fsp3) is 0.533. The first-order valence-corrected chi connectivity index (χ1v) is 7.48. The van der Waals surface area contributed by atoms with Crippen LogP contribution in [0.25, 0.3) is 0 Å². The zero-order valence-electron chi connectivity index (χ0n) is 12.3. The summed E-state index contributed by atoms with van der Waals surface area (Å²) in [6, 6.07) is 9.03. The van der Waals surface area contributed by atoms with Crippen LogP contribution in [0, 0.1) is 0 Å². The van der Waals surface area contributed by atoms with Crippen molar-refractivity contribution in [1.82, 2.24) is 4.90 Å². The van der Waals surface area contributed by atoms with Crippen LogP contribution in [0.5, 0.6) is 0 Å². The van der Waals surface area contributed by atoms with Crippen molar-refractivity contribution in [2.75, 3.05) is 13.6 Å². The summed E-state index contributed by atoms with van der Waals surface area (Å²) in [4.78, 5) is 6.66. The fourth-order valence-electron chi connectivity index (χ4n) is 2.03. The van der Waals surface area contributed by atoms with Crippen LogP contribution in [0.15, 0.2) is 33.7 Å². The summed E-state index contributed by atoms with van der Waals surface area (Å²) in [7, 11) is 2.03. The Kier molecular flexibility index (Phi) is 6.31. The Morgan fingerprint density at radius 3 is 2.40 bits per heavy atom. The number of aliphatic imine (C=N–C) groups is 1. The van der Waals surface area contributed by atoms with Gasteiger partial charge in [-0.2, -0.15) is 0 Å². The van der Waals surface area contributed by atoms with Gasteiger partial charge in [0.1, 0.15) is 0 Å². The monoisotopic (exact) mass is 451 g/mol. The van der Waals surface area contributed by atoms with E-state index >= 15 is 0 Å². The molecule has 20 heavy (non-hydrogen) atoms. The van der Waals surface area contributed by atoms with Crippen LogP contribution < -0.4 is 5.73 Å². The number of nitrogens with zero attached hydrogens (tertiary/aromatic N) is 2. The van der Waals surface area contributed by atoms with Crippen molar-refractivity contribution < 1.29 is 0 Å². The van der Waals surface area contributed by atoms with E-state index in [1.54, 1.807) is 0 Å². The number of benzene rings is 1. The maximum Gasteiger partial charge on any atom is 0.191 e. The number of hydrogen-bond donors (Lipinski definition) is 1. The lowest BCUT2D eigenvalue weighted by Gasteiger charge is -2.25. The van der Waals surface area contributed by atoms with Gasteiger partial charge in [0.05, 0.1) is 6.54 Å². The highest BCUT2D eigenvalue weighted by atomic mass is 127. The molecule has 5 heteroatoms. The van der Waals surface area contributed by atoms with Gasteiger partial charge in [0.2, 0.25) is 0 Å². The molecule has 112 valence electrons. The highest BCUT2D eigenvalue weighted by molar-refractivity contribution is 14.0. The predicted octanol–water partition coefficient (Wildman–Crippen LogP) is 3.75. The first-order chi connectivity index (χ1) is 8.90. The summed E-state index contributed by atoms with van der Waals surface area (Å²) in [5, 5.41) is 0. The van der Waals surface area contributed by atoms with Gasteiger partial charge in [-0.3, -0.25) is 4.99 Å². The lowest BCUT2D eigenvalue weighted by molar-refractivity contribution is 0.476. The van der Waals surface area contributed by atoms with Crippen molar-refractivity contribution in [3.8, 4) is 0 Å². The second-order valence-corrected chi connectivity index (χ2v) is 6.82. The highest BCUT2D eigenvalue weighted by Gasteiger charge is 2.28. The van der Waals surface area contributed by atoms with Gasteiger partial charge in [-0.15, -0.1) is 24.0 Å². The molecule has 0 saturated heterocycles. The van der Waals surface area contributed by atoms with Gasteiger partial charge < -0.3 is 10.6 Å². The maximum absolute atomic E-state index is 6.04. The van der Waals surface area contributed by atoms with E-state index in [0.29, 0.717) is 18.5 Å². The average molecular weight is 452 g/mol. The second-order valence-electron chi connectivity index (χ2n) is 5.91. The molecule has 1 saturated carbocycles. The van der Waals surface area contributed by atoms with Crippen molar-refractivity contribution in [2.24, 2.45) is 10.7 Å². The van der Waals surface area contributed by atoms with Gasteiger partial charge in [-0.25, -0.2) is 0 Å². The largest absolute Gasteiger partial charge is 0.370 e. The molecule has 0 bridgehead atoms. The van der Waals surface area contributed by atoms with Gasteiger partial charge in [-0.05, 0) is 30.5 Å². The summed E-state index contributed by atoms with van der Waals surface area (Å²) in [5.41, 5.74) is 7.31. The Hall–Kier alpha value is -0.300. The molecule has 0 amide bonds. The van der Waals surface area contributed by atoms with E-state index in [2.05, 4.69) is 63.9 Å². The van der Waals surface area contributed by atoms with E-state index in [1.165, 1.54) is 18.4 Å². The van der Waals surface area contributed by atoms with E-state index in [9.17, 15) is 0 Å². The molecule has 2 rings (SSSR count). The Labute approximate surface area is 147 Å². The van der Waals surface area contributed by atoms with Crippen LogP contribution in [0.3, 0.4) is 0 Å². The molecular formula is C15H23BrIN3. The first kappa shape index (κ1) is 17.8. The van der Waals surface area contributed by atoms with Gasteiger partial charge in [0, 0.05) is 23.0 Å². The van der Waals surface area contributed by atoms with Gasteiger partial charge in [-0.1, -0.05) is 41.9 Å². The van der Waals surface area contributed by atoms with Gasteiger partial charge in [0.15, 0.2) is 5.96 Å². The summed E-state index contributed by atoms with van der Waals surface area (Å²) < 4.78 is 1.10. The fourth-order valence-corrected chi connectivity index (χ4v) is 2.30. The number of guanidine groups is 1. The van der Waals surface area contributed by atoms with Crippen LogP contribution in [-0.2, 0) is 5.41 Å². The molecule has 0 spiro atoms. The molecule has 1 aromatic carbocycles. The highest BCUT2D eigenvalue weighted by Crippen LogP contribution is 2.27. The standard InChI is InChI=1S/C15H22BrN3.HI/c1-15(2,11-4-6-12(16)7-5-11)10-18-14(17)19(3)13-8-9-13;/h4-7,13H,8-10H2,1-3H3,(H2,17,18);1H. The minimum absolute atomic E-state index is 0. The third-order valence-electron chi connectivity index (χ3n) is 3.72. The molecule has 0 heterocycles. The Balaban J connectivity index is 0.00000200. The molecule has 2 N–H and O–H groups in total. The van der Waals surface area contributed by atoms with Crippen LogP contribution >= 0.6 is 39.9 Å². The third kappa shape index (κ3) is 4.62. The van der Waals surface area contributed by atoms with Crippen molar-refractivity contribution in [1.29, 1.82) is 0 Å². The van der Waals surface area contributed by atoms with Crippen LogP contribution in [0.1, 0.15) is 32.3 Å². The Bertz CT molecular complexity index is 467. The Morgan fingerprint density at radius 2 is 1.90 bits per heavy atom. The van der Waals surface area contributed by atoms with E-state index in [0.717, 1.165) is 4.47 Å². The molecule has 1 aliphatic carbocycles. The lowest BCUT2D eigenvalue weighted by atomic mass is 9.85. The minimum atomic E-state index is -0.00426. The number of nitrogens with two attached hydrogens (primary N) is 1. The molecular weight excluding hydrogens is 429 g/mol. The predicted molar refractivity (Wildman–Crippen MR) is 99.9 cm³/mol. The average Bonchev–Trinajstić information content (AvgIpc) is 3.20. The van der Waals surface area contributed by atoms with Crippen molar-refractivity contribution in [3.63, 3.8) is 0 Å². The van der Waals surface area contributed by atoms with Crippen molar-refractivity contribution >= 4 is 45.9 Å². The normalized spacial score (nSPS) is 15.7. The molecule has 0 aliphatic heterocycles. The lowest BCUT2D eigenvalue weighted by Crippen LogP contribution is -2.37. The van der Waals surface area contributed by atoms with Gasteiger partial charge >= 0.3 is 0 Å². The minimum Gasteiger partial charge on any atom is -0.370 e. The SMILES string of the molecule is CN(C(N)=NCC(C)(C)c1ccc(Br)cc1)C1CC1.I. The zero-order chi connectivity index (χ0) is 14.0. The van der Waals surface area contributed by atoms with Gasteiger partial charge in [0.25, 0.3) is 0 Å². The maximum atomic E-state index is 6.04. The van der Waals surface area contributed by atoms with E-state index in [1.807, 2.05) is 7.05 Å². The number of hydrogen-bond acceptors (Lipinski definition) is 1. The summed E-state index contributed by atoms with van der Waals surface area (Å²) in [6.45, 7) is 5.10. The third-order valence-corrected chi connectivity index (χ3v) is 4.25. The molecule has 1 fully saturated rings. The molecule has 1 aliphatic rings. The summed E-state index contributed by atoms with van der Waals surface area (Å²) in [6.07, 6.45) is 2.48. The summed E-state index contributed by atoms with van der Waals surface area (Å²) in [5.74, 6) is 0.660. The van der Waals surface area contributed by atoms with E-state index in [-0.39, 0.29) is 29.4 Å². The molecule has 3 nitrogen and oxygen atoms in total. The van der Waals surface area contributed by atoms with Crippen LogP contribution in [0.4, 0.5) is 0 Å². The zero-order valence-corrected chi connectivity index (χ0v) is 16.2. The van der Waals surface area contributed by atoms with Crippen LogP contribution in [-0.4, -0.2) is 30.5 Å². The molecule has 1 aromatic rings. The quantitative estimate of drug-likeness (QED) is 0.430. The topological polar surface area (TPSA) is 41.6 Å². The molecule has 0 unspecified atom stereocenters. The van der Waals surface area contributed by atoms with E-state index < -0.39 is 0 Å². The summed E-state index contributed by atoms with van der Waals surface area (Å²) >= 11 is 3.46. The number of halogens is 2. The second kappa shape index (κ2) is 7.11. The molecule has 0 atom stereocenters. The Morgan fingerprint density at radius 1 is 1.35 bits per heavy atom. The number of rotatable bonds is 4. The first-order valence-electron chi connectivity index (χ1n) is 6.69. The van der Waals surface area contributed by atoms with Crippen molar-refractivity contribution in [2.45, 2.75) is 38.1 Å². The van der Waals surface area contributed by atoms with Crippen molar-refractivity contribution in [3.05, 3.63) is 34.3 Å². The molecule has 0 aromatic heterocycles. The molecule has 0 radical (unpaired) electrons. The van der Waals surface area contributed by atoms with E-state index in [4.69, 9.17) is 5.73 Å².